The maximum atomic E-state index is 11.8. The molecule has 1 amide bonds. The molecule has 1 aromatic heterocycles. The van der Waals surface area contributed by atoms with Crippen LogP contribution in [0.15, 0.2) is 33.5 Å². The highest BCUT2D eigenvalue weighted by Gasteiger charge is 2.13. The number of esters is 1. The number of hydrogen-bond donors (Lipinski definition) is 1. The molecule has 1 N–H and O–H groups in total. The molecule has 6 nitrogen and oxygen atoms in total. The number of carbonyl (C=O) groups is 2. The van der Waals surface area contributed by atoms with Gasteiger partial charge in [0.15, 0.2) is 0 Å². The van der Waals surface area contributed by atoms with E-state index in [1.54, 1.807) is 12.1 Å². The van der Waals surface area contributed by atoms with Gasteiger partial charge in [-0.05, 0) is 24.6 Å². The lowest BCUT2D eigenvalue weighted by Crippen LogP contribution is -2.28. The van der Waals surface area contributed by atoms with Crippen LogP contribution < -0.4 is 15.7 Å². The van der Waals surface area contributed by atoms with Gasteiger partial charge >= 0.3 is 11.6 Å². The van der Waals surface area contributed by atoms with Gasteiger partial charge < -0.3 is 14.5 Å². The molecule has 1 heterocycles. The summed E-state index contributed by atoms with van der Waals surface area (Å²) in [4.78, 5) is 34.6. The molecular formula is C15H15NO5. The van der Waals surface area contributed by atoms with Crippen LogP contribution in [0.2, 0.25) is 0 Å². The SMILES string of the molecule is CCCNC(=O)c1cc2ccc(OC(C)=O)cc2oc1=O. The van der Waals surface area contributed by atoms with Crippen molar-refractivity contribution in [3.63, 3.8) is 0 Å². The van der Waals surface area contributed by atoms with Crippen LogP contribution in [0.1, 0.15) is 30.6 Å². The van der Waals surface area contributed by atoms with Gasteiger partial charge in [-0.25, -0.2) is 4.79 Å². The first-order valence-electron chi connectivity index (χ1n) is 6.55. The van der Waals surface area contributed by atoms with Crippen molar-refractivity contribution in [3.8, 4) is 5.75 Å². The van der Waals surface area contributed by atoms with Crippen LogP contribution >= 0.6 is 0 Å². The van der Waals surface area contributed by atoms with Gasteiger partial charge in [0.2, 0.25) is 0 Å². The van der Waals surface area contributed by atoms with E-state index >= 15 is 0 Å². The number of nitrogens with one attached hydrogen (secondary N) is 1. The summed E-state index contributed by atoms with van der Waals surface area (Å²) in [5.41, 5.74) is -0.516. The number of benzene rings is 1. The minimum absolute atomic E-state index is 0.0452. The van der Waals surface area contributed by atoms with Gasteiger partial charge in [0, 0.05) is 24.9 Å². The fourth-order valence-electron chi connectivity index (χ4n) is 1.81. The number of amides is 1. The molecule has 0 spiro atoms. The minimum atomic E-state index is -0.726. The summed E-state index contributed by atoms with van der Waals surface area (Å²) in [6, 6.07) is 6.08. The number of carbonyl (C=O) groups excluding carboxylic acids is 2. The molecule has 1 aromatic carbocycles. The van der Waals surface area contributed by atoms with Crippen LogP contribution in [0, 0.1) is 0 Å². The second-order valence-electron chi connectivity index (χ2n) is 4.50. The molecule has 0 fully saturated rings. The molecule has 0 radical (unpaired) electrons. The molecular weight excluding hydrogens is 274 g/mol. The van der Waals surface area contributed by atoms with Crippen LogP contribution in [-0.2, 0) is 4.79 Å². The molecule has 0 atom stereocenters. The van der Waals surface area contributed by atoms with E-state index in [1.165, 1.54) is 19.1 Å². The van der Waals surface area contributed by atoms with E-state index in [1.807, 2.05) is 6.92 Å². The minimum Gasteiger partial charge on any atom is -0.427 e. The lowest BCUT2D eigenvalue weighted by molar-refractivity contribution is -0.131. The van der Waals surface area contributed by atoms with Gasteiger partial charge in [-0.2, -0.15) is 0 Å². The fourth-order valence-corrected chi connectivity index (χ4v) is 1.81. The lowest BCUT2D eigenvalue weighted by Gasteiger charge is -2.05. The highest BCUT2D eigenvalue weighted by atomic mass is 16.5. The number of fused-ring (bicyclic) bond motifs is 1. The second kappa shape index (κ2) is 6.21. The predicted octanol–water partition coefficient (Wildman–Crippen LogP) is 1.86. The largest absolute Gasteiger partial charge is 0.427 e. The monoisotopic (exact) mass is 289 g/mol. The summed E-state index contributed by atoms with van der Waals surface area (Å²) in [6.07, 6.45) is 0.774. The Balaban J connectivity index is 2.40. The molecule has 0 aliphatic carbocycles. The maximum absolute atomic E-state index is 11.8. The third-order valence-electron chi connectivity index (χ3n) is 2.75. The van der Waals surface area contributed by atoms with Crippen molar-refractivity contribution in [2.75, 3.05) is 6.54 Å². The Labute approximate surface area is 120 Å². The van der Waals surface area contributed by atoms with Crippen molar-refractivity contribution >= 4 is 22.8 Å². The van der Waals surface area contributed by atoms with Gasteiger partial charge in [-0.3, -0.25) is 9.59 Å². The molecule has 0 aliphatic heterocycles. The number of rotatable bonds is 4. The Kier molecular flexibility index (Phi) is 4.37. The van der Waals surface area contributed by atoms with Crippen molar-refractivity contribution in [2.45, 2.75) is 20.3 Å². The van der Waals surface area contributed by atoms with Crippen molar-refractivity contribution in [2.24, 2.45) is 0 Å². The van der Waals surface area contributed by atoms with Crippen molar-refractivity contribution in [1.29, 1.82) is 0 Å². The summed E-state index contributed by atoms with van der Waals surface area (Å²) in [7, 11) is 0. The van der Waals surface area contributed by atoms with Gasteiger partial charge in [0.1, 0.15) is 16.9 Å². The summed E-state index contributed by atoms with van der Waals surface area (Å²) >= 11 is 0. The van der Waals surface area contributed by atoms with Crippen LogP contribution in [0.5, 0.6) is 5.75 Å². The number of ether oxygens (including phenoxy) is 1. The zero-order chi connectivity index (χ0) is 15.4. The van der Waals surface area contributed by atoms with Crippen LogP contribution in [-0.4, -0.2) is 18.4 Å². The first kappa shape index (κ1) is 14.8. The predicted molar refractivity (Wildman–Crippen MR) is 76.4 cm³/mol. The molecule has 0 bridgehead atoms. The molecule has 0 unspecified atom stereocenters. The Hall–Kier alpha value is -2.63. The van der Waals surface area contributed by atoms with Crippen LogP contribution in [0.4, 0.5) is 0 Å². The third kappa shape index (κ3) is 3.47. The Morgan fingerprint density at radius 3 is 2.71 bits per heavy atom. The van der Waals surface area contributed by atoms with E-state index in [4.69, 9.17) is 9.15 Å². The summed E-state index contributed by atoms with van der Waals surface area (Å²) < 4.78 is 10.0. The van der Waals surface area contributed by atoms with Gasteiger partial charge in [-0.15, -0.1) is 0 Å². The molecule has 2 rings (SSSR count). The lowest BCUT2D eigenvalue weighted by atomic mass is 10.1. The van der Waals surface area contributed by atoms with Crippen LogP contribution in [0.3, 0.4) is 0 Å². The molecule has 0 saturated carbocycles. The van der Waals surface area contributed by atoms with E-state index in [-0.39, 0.29) is 16.9 Å². The topological polar surface area (TPSA) is 85.6 Å². The zero-order valence-electron chi connectivity index (χ0n) is 11.8. The zero-order valence-corrected chi connectivity index (χ0v) is 11.8. The normalized spacial score (nSPS) is 10.4. The van der Waals surface area contributed by atoms with E-state index in [9.17, 15) is 14.4 Å². The average molecular weight is 289 g/mol. The van der Waals surface area contributed by atoms with E-state index in [0.717, 1.165) is 6.42 Å². The highest BCUT2D eigenvalue weighted by Crippen LogP contribution is 2.20. The smallest absolute Gasteiger partial charge is 0.349 e. The highest BCUT2D eigenvalue weighted by molar-refractivity contribution is 5.96. The Bertz CT molecular complexity index is 747. The molecule has 6 heteroatoms. The quantitative estimate of drug-likeness (QED) is 0.527. The second-order valence-corrected chi connectivity index (χ2v) is 4.50. The third-order valence-corrected chi connectivity index (χ3v) is 2.75. The maximum Gasteiger partial charge on any atom is 0.349 e. The molecule has 2 aromatic rings. The summed E-state index contributed by atoms with van der Waals surface area (Å²) in [5, 5.41) is 3.20. The van der Waals surface area contributed by atoms with Crippen LogP contribution in [0.25, 0.3) is 11.0 Å². The fraction of sp³-hybridized carbons (Fsp3) is 0.267. The van der Waals surface area contributed by atoms with Gasteiger partial charge in [0.05, 0.1) is 0 Å². The van der Waals surface area contributed by atoms with Crippen molar-refractivity contribution in [3.05, 3.63) is 40.2 Å². The van der Waals surface area contributed by atoms with Gasteiger partial charge in [0.25, 0.3) is 5.91 Å². The Morgan fingerprint density at radius 1 is 1.29 bits per heavy atom. The molecule has 21 heavy (non-hydrogen) atoms. The molecule has 110 valence electrons. The summed E-state index contributed by atoms with van der Waals surface area (Å²) in [6.45, 7) is 3.68. The van der Waals surface area contributed by atoms with Crippen molar-refractivity contribution < 1.29 is 18.7 Å². The molecule has 0 aliphatic rings. The first-order valence-corrected chi connectivity index (χ1v) is 6.55. The molecule has 0 saturated heterocycles. The summed E-state index contributed by atoms with van der Waals surface area (Å²) in [5.74, 6) is -0.648. The van der Waals surface area contributed by atoms with Crippen molar-refractivity contribution in [1.82, 2.24) is 5.32 Å². The van der Waals surface area contributed by atoms with E-state index in [2.05, 4.69) is 5.32 Å². The number of hydrogen-bond acceptors (Lipinski definition) is 5. The van der Waals surface area contributed by atoms with Gasteiger partial charge in [-0.1, -0.05) is 6.92 Å². The Morgan fingerprint density at radius 2 is 2.05 bits per heavy atom. The first-order chi connectivity index (χ1) is 10.0. The van der Waals surface area contributed by atoms with E-state index in [0.29, 0.717) is 11.9 Å². The average Bonchev–Trinajstić information content (AvgIpc) is 2.43. The van der Waals surface area contributed by atoms with E-state index < -0.39 is 17.5 Å². The standard InChI is InChI=1S/C15H15NO5/c1-3-6-16-14(18)12-7-10-4-5-11(20-9(2)17)8-13(10)21-15(12)19/h4-5,7-8H,3,6H2,1-2H3,(H,16,18).